The summed E-state index contributed by atoms with van der Waals surface area (Å²) < 4.78 is 0. The molecule has 1 heterocycles. The van der Waals surface area contributed by atoms with Crippen LogP contribution in [0.3, 0.4) is 0 Å². The van der Waals surface area contributed by atoms with Crippen LogP contribution in [0.4, 0.5) is 0 Å². The standard InChI is InChI=1S/C14H17N/c1-10-5-6-11-9-15-13(14(2,3)4)8-12(11)7-10/h5-9H,1-4H3. The zero-order valence-corrected chi connectivity index (χ0v) is 9.83. The topological polar surface area (TPSA) is 12.9 Å². The SMILES string of the molecule is Cc1ccc2cnc(C(C)(C)C)cc2c1. The lowest BCUT2D eigenvalue weighted by atomic mass is 9.90. The van der Waals surface area contributed by atoms with Crippen molar-refractivity contribution in [2.75, 3.05) is 0 Å². The van der Waals surface area contributed by atoms with Gasteiger partial charge in [0.05, 0.1) is 0 Å². The van der Waals surface area contributed by atoms with Crippen LogP contribution in [0.5, 0.6) is 0 Å². The number of aromatic nitrogens is 1. The average molecular weight is 199 g/mol. The van der Waals surface area contributed by atoms with E-state index < -0.39 is 0 Å². The van der Waals surface area contributed by atoms with Gasteiger partial charge in [0, 0.05) is 22.7 Å². The fourth-order valence-electron chi connectivity index (χ4n) is 1.67. The van der Waals surface area contributed by atoms with Crippen LogP contribution in [0.1, 0.15) is 32.0 Å². The summed E-state index contributed by atoms with van der Waals surface area (Å²) in [6.07, 6.45) is 1.97. The van der Waals surface area contributed by atoms with Crippen LogP contribution in [0.15, 0.2) is 30.5 Å². The Bertz CT molecular complexity index is 492. The number of hydrogen-bond donors (Lipinski definition) is 0. The highest BCUT2D eigenvalue weighted by molar-refractivity contribution is 5.82. The highest BCUT2D eigenvalue weighted by atomic mass is 14.7. The summed E-state index contributed by atoms with van der Waals surface area (Å²) in [6, 6.07) is 8.67. The Labute approximate surface area is 91.2 Å². The van der Waals surface area contributed by atoms with E-state index in [2.05, 4.69) is 56.9 Å². The van der Waals surface area contributed by atoms with E-state index in [1.807, 2.05) is 6.20 Å². The third-order valence-electron chi connectivity index (χ3n) is 2.65. The average Bonchev–Trinajstić information content (AvgIpc) is 2.15. The third-order valence-corrected chi connectivity index (χ3v) is 2.65. The zero-order chi connectivity index (χ0) is 11.1. The molecule has 0 aliphatic rings. The van der Waals surface area contributed by atoms with Gasteiger partial charge in [0.2, 0.25) is 0 Å². The Balaban J connectivity index is 2.64. The molecule has 0 aliphatic heterocycles. The molecule has 0 unspecified atom stereocenters. The molecule has 1 aromatic carbocycles. The molecule has 1 heteroatoms. The number of benzene rings is 1. The first-order chi connectivity index (χ1) is 6.97. The highest BCUT2D eigenvalue weighted by Crippen LogP contribution is 2.24. The van der Waals surface area contributed by atoms with Crippen LogP contribution in [0.2, 0.25) is 0 Å². The molecule has 0 fully saturated rings. The quantitative estimate of drug-likeness (QED) is 0.628. The van der Waals surface area contributed by atoms with Crippen molar-refractivity contribution in [2.45, 2.75) is 33.1 Å². The molecule has 0 saturated carbocycles. The van der Waals surface area contributed by atoms with E-state index in [4.69, 9.17) is 0 Å². The lowest BCUT2D eigenvalue weighted by Gasteiger charge is -2.17. The molecular weight excluding hydrogens is 182 g/mol. The molecule has 1 aromatic heterocycles. The van der Waals surface area contributed by atoms with Crippen molar-refractivity contribution in [3.8, 4) is 0 Å². The molecule has 0 atom stereocenters. The van der Waals surface area contributed by atoms with Gasteiger partial charge in [0.1, 0.15) is 0 Å². The van der Waals surface area contributed by atoms with Crippen molar-refractivity contribution in [2.24, 2.45) is 0 Å². The van der Waals surface area contributed by atoms with Gasteiger partial charge in [-0.05, 0) is 18.4 Å². The van der Waals surface area contributed by atoms with E-state index in [0.717, 1.165) is 5.69 Å². The predicted molar refractivity (Wildman–Crippen MR) is 65.2 cm³/mol. The molecule has 0 N–H and O–H groups in total. The van der Waals surface area contributed by atoms with E-state index >= 15 is 0 Å². The van der Waals surface area contributed by atoms with Gasteiger partial charge in [-0.2, -0.15) is 0 Å². The largest absolute Gasteiger partial charge is 0.260 e. The summed E-state index contributed by atoms with van der Waals surface area (Å²) in [4.78, 5) is 4.51. The number of aryl methyl sites for hydroxylation is 1. The molecule has 1 nitrogen and oxygen atoms in total. The Morgan fingerprint density at radius 3 is 2.40 bits per heavy atom. The van der Waals surface area contributed by atoms with Gasteiger partial charge in [-0.3, -0.25) is 4.98 Å². The first-order valence-corrected chi connectivity index (χ1v) is 5.34. The zero-order valence-electron chi connectivity index (χ0n) is 9.83. The maximum atomic E-state index is 4.51. The fourth-order valence-corrected chi connectivity index (χ4v) is 1.67. The van der Waals surface area contributed by atoms with Crippen molar-refractivity contribution in [3.05, 3.63) is 41.7 Å². The van der Waals surface area contributed by atoms with Crippen molar-refractivity contribution < 1.29 is 0 Å². The van der Waals surface area contributed by atoms with Gasteiger partial charge in [-0.25, -0.2) is 0 Å². The summed E-state index contributed by atoms with van der Waals surface area (Å²) in [5.41, 5.74) is 2.58. The number of nitrogens with zero attached hydrogens (tertiary/aromatic N) is 1. The summed E-state index contributed by atoms with van der Waals surface area (Å²) in [7, 11) is 0. The van der Waals surface area contributed by atoms with Crippen molar-refractivity contribution in [1.82, 2.24) is 4.98 Å². The molecule has 0 spiro atoms. The number of hydrogen-bond acceptors (Lipinski definition) is 1. The first-order valence-electron chi connectivity index (χ1n) is 5.34. The minimum Gasteiger partial charge on any atom is -0.260 e. The van der Waals surface area contributed by atoms with E-state index in [-0.39, 0.29) is 5.41 Å². The molecule has 0 amide bonds. The van der Waals surface area contributed by atoms with E-state index in [0.29, 0.717) is 0 Å². The monoisotopic (exact) mass is 199 g/mol. The van der Waals surface area contributed by atoms with Gasteiger partial charge >= 0.3 is 0 Å². The first kappa shape index (κ1) is 10.2. The molecular formula is C14H17N. The van der Waals surface area contributed by atoms with Crippen molar-refractivity contribution in [3.63, 3.8) is 0 Å². The summed E-state index contributed by atoms with van der Waals surface area (Å²) in [5, 5.41) is 2.50. The second kappa shape index (κ2) is 3.34. The van der Waals surface area contributed by atoms with Crippen molar-refractivity contribution in [1.29, 1.82) is 0 Å². The van der Waals surface area contributed by atoms with Gasteiger partial charge in [-0.15, -0.1) is 0 Å². The fraction of sp³-hybridized carbons (Fsp3) is 0.357. The number of fused-ring (bicyclic) bond motifs is 1. The minimum atomic E-state index is 0.123. The molecule has 2 aromatic rings. The Morgan fingerprint density at radius 2 is 1.73 bits per heavy atom. The molecule has 15 heavy (non-hydrogen) atoms. The Morgan fingerprint density at radius 1 is 1.00 bits per heavy atom. The molecule has 0 radical (unpaired) electrons. The number of rotatable bonds is 0. The summed E-state index contributed by atoms with van der Waals surface area (Å²) in [6.45, 7) is 8.70. The predicted octanol–water partition coefficient (Wildman–Crippen LogP) is 3.84. The van der Waals surface area contributed by atoms with Crippen LogP contribution in [0, 0.1) is 6.92 Å². The van der Waals surface area contributed by atoms with E-state index in [1.165, 1.54) is 16.3 Å². The summed E-state index contributed by atoms with van der Waals surface area (Å²) in [5.74, 6) is 0. The van der Waals surface area contributed by atoms with Gasteiger partial charge < -0.3 is 0 Å². The highest BCUT2D eigenvalue weighted by Gasteiger charge is 2.15. The van der Waals surface area contributed by atoms with Gasteiger partial charge in [-0.1, -0.05) is 44.5 Å². The second-order valence-electron chi connectivity index (χ2n) is 5.17. The normalized spacial score (nSPS) is 12.0. The third kappa shape index (κ3) is 2.01. The van der Waals surface area contributed by atoms with Gasteiger partial charge in [0.15, 0.2) is 0 Å². The molecule has 78 valence electrons. The number of pyridine rings is 1. The Hall–Kier alpha value is -1.37. The van der Waals surface area contributed by atoms with E-state index in [1.54, 1.807) is 0 Å². The van der Waals surface area contributed by atoms with Gasteiger partial charge in [0.25, 0.3) is 0 Å². The lowest BCUT2D eigenvalue weighted by molar-refractivity contribution is 0.570. The Kier molecular flexibility index (Phi) is 2.26. The lowest BCUT2D eigenvalue weighted by Crippen LogP contribution is -2.12. The maximum Gasteiger partial charge on any atom is 0.0463 e. The molecule has 0 bridgehead atoms. The van der Waals surface area contributed by atoms with Crippen LogP contribution >= 0.6 is 0 Å². The molecule has 2 rings (SSSR count). The maximum absolute atomic E-state index is 4.51. The van der Waals surface area contributed by atoms with Crippen LogP contribution in [-0.4, -0.2) is 4.98 Å². The van der Waals surface area contributed by atoms with Crippen LogP contribution in [0.25, 0.3) is 10.8 Å². The molecule has 0 aliphatic carbocycles. The molecule has 0 saturated heterocycles. The van der Waals surface area contributed by atoms with E-state index in [9.17, 15) is 0 Å². The van der Waals surface area contributed by atoms with Crippen LogP contribution in [-0.2, 0) is 5.41 Å². The second-order valence-corrected chi connectivity index (χ2v) is 5.17. The van der Waals surface area contributed by atoms with Crippen molar-refractivity contribution >= 4 is 10.8 Å². The van der Waals surface area contributed by atoms with Crippen LogP contribution < -0.4 is 0 Å². The minimum absolute atomic E-state index is 0.123. The smallest absolute Gasteiger partial charge is 0.0463 e. The summed E-state index contributed by atoms with van der Waals surface area (Å²) >= 11 is 0.